The van der Waals surface area contributed by atoms with Crippen molar-refractivity contribution in [1.29, 1.82) is 0 Å². The lowest BCUT2D eigenvalue weighted by molar-refractivity contribution is -0.140. The predicted molar refractivity (Wildman–Crippen MR) is 157 cm³/mol. The molecule has 0 aliphatic rings. The van der Waals surface area contributed by atoms with Crippen LogP contribution in [0.4, 0.5) is 5.69 Å². The fourth-order valence-electron chi connectivity index (χ4n) is 3.78. The molecule has 1 N–H and O–H groups in total. The normalized spacial score (nSPS) is 12.5. The van der Waals surface area contributed by atoms with Crippen molar-refractivity contribution in [2.24, 2.45) is 0 Å². The third kappa shape index (κ3) is 7.88. The second-order valence-corrected chi connectivity index (χ2v) is 13.0. The molecule has 208 valence electrons. The molecule has 3 aromatic carbocycles. The molecule has 0 spiro atoms. The Labute approximate surface area is 244 Å². The number of nitrogens with one attached hydrogen (secondary N) is 1. The topological polar surface area (TPSA) is 86.8 Å². The molecule has 0 aromatic heterocycles. The zero-order chi connectivity index (χ0) is 29.0. The molecule has 0 aliphatic heterocycles. The van der Waals surface area contributed by atoms with Gasteiger partial charge >= 0.3 is 0 Å². The molecule has 2 amide bonds. The number of hydrogen-bond donors (Lipinski definition) is 1. The van der Waals surface area contributed by atoms with E-state index < -0.39 is 40.0 Å². The number of sulfonamides is 1. The lowest BCUT2D eigenvalue weighted by Gasteiger charge is -2.33. The number of anilines is 1. The van der Waals surface area contributed by atoms with Gasteiger partial charge in [0.15, 0.2) is 0 Å². The van der Waals surface area contributed by atoms with Crippen LogP contribution in [-0.4, -0.2) is 43.3 Å². The zero-order valence-corrected chi connectivity index (χ0v) is 25.1. The lowest BCUT2D eigenvalue weighted by atomic mass is 10.1. The van der Waals surface area contributed by atoms with Crippen molar-refractivity contribution < 1.29 is 18.0 Å². The molecule has 39 heavy (non-hydrogen) atoms. The van der Waals surface area contributed by atoms with Crippen molar-refractivity contribution >= 4 is 62.3 Å². The van der Waals surface area contributed by atoms with Crippen molar-refractivity contribution in [3.8, 4) is 0 Å². The van der Waals surface area contributed by atoms with Crippen molar-refractivity contribution in [2.75, 3.05) is 10.8 Å². The van der Waals surface area contributed by atoms with E-state index in [9.17, 15) is 18.0 Å². The molecule has 11 heteroatoms. The van der Waals surface area contributed by atoms with Crippen LogP contribution in [0.1, 0.15) is 33.3 Å². The Bertz CT molecular complexity index is 1440. The van der Waals surface area contributed by atoms with E-state index in [1.54, 1.807) is 61.5 Å². The second-order valence-electron chi connectivity index (χ2n) is 9.96. The van der Waals surface area contributed by atoms with Crippen LogP contribution >= 0.6 is 34.8 Å². The van der Waals surface area contributed by atoms with Gasteiger partial charge in [-0.25, -0.2) is 8.42 Å². The van der Waals surface area contributed by atoms with Crippen molar-refractivity contribution in [3.05, 3.63) is 93.4 Å². The molecule has 0 saturated heterocycles. The monoisotopic (exact) mass is 609 g/mol. The van der Waals surface area contributed by atoms with Gasteiger partial charge in [-0.05, 0) is 69.7 Å². The Balaban J connectivity index is 2.05. The van der Waals surface area contributed by atoms with Crippen LogP contribution < -0.4 is 9.62 Å². The first kappa shape index (κ1) is 30.8. The van der Waals surface area contributed by atoms with Gasteiger partial charge in [0.1, 0.15) is 12.6 Å². The number of benzene rings is 3. The number of carbonyl (C=O) groups is 2. The van der Waals surface area contributed by atoms with Crippen LogP contribution in [0.5, 0.6) is 0 Å². The van der Waals surface area contributed by atoms with Gasteiger partial charge in [-0.1, -0.05) is 71.2 Å². The van der Waals surface area contributed by atoms with Gasteiger partial charge in [-0.2, -0.15) is 0 Å². The van der Waals surface area contributed by atoms with Crippen LogP contribution in [0.2, 0.25) is 15.1 Å². The summed E-state index contributed by atoms with van der Waals surface area (Å²) in [6, 6.07) is 18.1. The average molecular weight is 611 g/mol. The van der Waals surface area contributed by atoms with Crippen LogP contribution in [-0.2, 0) is 26.2 Å². The Morgan fingerprint density at radius 1 is 0.872 bits per heavy atom. The van der Waals surface area contributed by atoms with E-state index in [4.69, 9.17) is 34.8 Å². The smallest absolute Gasteiger partial charge is 0.264 e. The first-order valence-electron chi connectivity index (χ1n) is 12.1. The molecule has 0 heterocycles. The molecule has 3 rings (SSSR count). The number of hydrogen-bond acceptors (Lipinski definition) is 4. The fraction of sp³-hybridized carbons (Fsp3) is 0.286. The van der Waals surface area contributed by atoms with Gasteiger partial charge < -0.3 is 10.2 Å². The van der Waals surface area contributed by atoms with Gasteiger partial charge in [-0.3, -0.25) is 13.9 Å². The van der Waals surface area contributed by atoms with Crippen LogP contribution in [0.25, 0.3) is 0 Å². The SMILES string of the molecule is C[C@H](C(=O)NC(C)(C)C)N(Cc1ccc(Cl)c(Cl)c1)C(=O)CN(c1ccccc1Cl)S(=O)(=O)c1ccccc1. The highest BCUT2D eigenvalue weighted by molar-refractivity contribution is 7.92. The molecule has 0 radical (unpaired) electrons. The number of para-hydroxylation sites is 1. The Kier molecular flexibility index (Phi) is 9.93. The second kappa shape index (κ2) is 12.6. The Morgan fingerprint density at radius 2 is 1.49 bits per heavy atom. The number of nitrogens with zero attached hydrogens (tertiary/aromatic N) is 2. The molecular weight excluding hydrogens is 581 g/mol. The van der Waals surface area contributed by atoms with Crippen LogP contribution in [0, 0.1) is 0 Å². The zero-order valence-electron chi connectivity index (χ0n) is 22.0. The predicted octanol–water partition coefficient (Wildman–Crippen LogP) is 6.17. The summed E-state index contributed by atoms with van der Waals surface area (Å²) in [6.07, 6.45) is 0. The van der Waals surface area contributed by atoms with E-state index >= 15 is 0 Å². The summed E-state index contributed by atoms with van der Waals surface area (Å²) >= 11 is 18.7. The summed E-state index contributed by atoms with van der Waals surface area (Å²) in [5.74, 6) is -1.01. The van der Waals surface area contributed by atoms with Crippen molar-refractivity contribution in [3.63, 3.8) is 0 Å². The highest BCUT2D eigenvalue weighted by Gasteiger charge is 2.34. The molecule has 1 atom stereocenters. The summed E-state index contributed by atoms with van der Waals surface area (Å²) < 4.78 is 28.5. The number of amides is 2. The summed E-state index contributed by atoms with van der Waals surface area (Å²) in [6.45, 7) is 6.45. The molecule has 0 fully saturated rings. The first-order valence-corrected chi connectivity index (χ1v) is 14.7. The summed E-state index contributed by atoms with van der Waals surface area (Å²) in [5, 5.41) is 3.66. The third-order valence-electron chi connectivity index (χ3n) is 5.73. The number of rotatable bonds is 9. The largest absolute Gasteiger partial charge is 0.350 e. The van der Waals surface area contributed by atoms with Gasteiger partial charge in [0.25, 0.3) is 10.0 Å². The first-order chi connectivity index (χ1) is 18.2. The maximum absolute atomic E-state index is 13.9. The standard InChI is InChI=1S/C28H30Cl3N3O4S/c1-19(27(36)32-28(2,3)4)33(17-20-14-15-22(29)24(31)16-20)26(35)18-34(25-13-9-8-12-23(25)30)39(37,38)21-10-6-5-7-11-21/h5-16,19H,17-18H2,1-4H3,(H,32,36)/t19-/m1/s1. The van der Waals surface area contributed by atoms with Crippen LogP contribution in [0.15, 0.2) is 77.7 Å². The lowest BCUT2D eigenvalue weighted by Crippen LogP contribution is -2.54. The highest BCUT2D eigenvalue weighted by atomic mass is 35.5. The summed E-state index contributed by atoms with van der Waals surface area (Å²) in [4.78, 5) is 28.4. The van der Waals surface area contributed by atoms with Crippen molar-refractivity contribution in [2.45, 2.75) is 50.7 Å². The molecule has 3 aromatic rings. The highest BCUT2D eigenvalue weighted by Crippen LogP contribution is 2.31. The molecule has 0 saturated carbocycles. The van der Waals surface area contributed by atoms with E-state index in [0.29, 0.717) is 10.6 Å². The minimum atomic E-state index is -4.20. The Morgan fingerprint density at radius 3 is 2.08 bits per heavy atom. The van der Waals surface area contributed by atoms with E-state index in [1.165, 1.54) is 23.1 Å². The van der Waals surface area contributed by atoms with Crippen LogP contribution in [0.3, 0.4) is 0 Å². The minimum absolute atomic E-state index is 0.00715. The maximum Gasteiger partial charge on any atom is 0.264 e. The van der Waals surface area contributed by atoms with Crippen molar-refractivity contribution in [1.82, 2.24) is 10.2 Å². The fourth-order valence-corrected chi connectivity index (χ4v) is 5.84. The molecule has 0 unspecified atom stereocenters. The van der Waals surface area contributed by atoms with Gasteiger partial charge in [0.2, 0.25) is 11.8 Å². The number of carbonyl (C=O) groups excluding carboxylic acids is 2. The van der Waals surface area contributed by atoms with E-state index in [0.717, 1.165) is 4.31 Å². The molecular formula is C28H30Cl3N3O4S. The maximum atomic E-state index is 13.9. The van der Waals surface area contributed by atoms with Gasteiger partial charge in [0.05, 0.1) is 25.7 Å². The van der Waals surface area contributed by atoms with E-state index in [-0.39, 0.29) is 27.2 Å². The summed E-state index contributed by atoms with van der Waals surface area (Å²) in [7, 11) is -4.20. The number of halogens is 3. The summed E-state index contributed by atoms with van der Waals surface area (Å²) in [5.41, 5.74) is 0.199. The van der Waals surface area contributed by atoms with Gasteiger partial charge in [-0.15, -0.1) is 0 Å². The average Bonchev–Trinajstić information content (AvgIpc) is 2.87. The molecule has 0 bridgehead atoms. The van der Waals surface area contributed by atoms with E-state index in [1.807, 2.05) is 20.8 Å². The molecule has 7 nitrogen and oxygen atoms in total. The van der Waals surface area contributed by atoms with E-state index in [2.05, 4.69) is 5.32 Å². The molecule has 0 aliphatic carbocycles. The van der Waals surface area contributed by atoms with Gasteiger partial charge in [0, 0.05) is 12.1 Å². The minimum Gasteiger partial charge on any atom is -0.350 e. The third-order valence-corrected chi connectivity index (χ3v) is 8.57. The Hall–Kier alpha value is -2.78. The quantitative estimate of drug-likeness (QED) is 0.314.